The van der Waals surface area contributed by atoms with E-state index in [1.807, 2.05) is 26.8 Å². The number of aliphatic hydroxyl groups excluding tert-OH is 1. The summed E-state index contributed by atoms with van der Waals surface area (Å²) in [5, 5.41) is 9.96. The second-order valence-corrected chi connectivity index (χ2v) is 5.19. The Morgan fingerprint density at radius 2 is 2.27 bits per heavy atom. The van der Waals surface area contributed by atoms with E-state index in [4.69, 9.17) is 0 Å². The summed E-state index contributed by atoms with van der Waals surface area (Å²) in [4.78, 5) is 11.6. The Hall–Kier alpha value is -0.960. The van der Waals surface area contributed by atoms with Crippen molar-refractivity contribution in [3.63, 3.8) is 0 Å². The zero-order valence-electron chi connectivity index (χ0n) is 9.33. The minimum absolute atomic E-state index is 0.0226. The van der Waals surface area contributed by atoms with E-state index < -0.39 is 4.75 Å². The molecule has 0 fully saturated rings. The molecule has 15 heavy (non-hydrogen) atoms. The maximum absolute atomic E-state index is 11.6. The Morgan fingerprint density at radius 3 is 2.67 bits per heavy atom. The SMILES string of the molecule is C=CC(C)=CC1(C)SC(=O)C(CC)=C1O. The lowest BCUT2D eigenvalue weighted by molar-refractivity contribution is -0.107. The lowest BCUT2D eigenvalue weighted by atomic mass is 10.0. The average molecular weight is 224 g/mol. The van der Waals surface area contributed by atoms with Gasteiger partial charge in [-0.3, -0.25) is 4.79 Å². The molecule has 1 heterocycles. The second kappa shape index (κ2) is 4.27. The van der Waals surface area contributed by atoms with Gasteiger partial charge in [0.2, 0.25) is 5.12 Å². The molecule has 3 heteroatoms. The Labute approximate surface area is 94.8 Å². The van der Waals surface area contributed by atoms with Gasteiger partial charge in [-0.15, -0.1) is 0 Å². The monoisotopic (exact) mass is 224 g/mol. The molecule has 1 atom stereocenters. The first-order chi connectivity index (χ1) is 6.94. The van der Waals surface area contributed by atoms with E-state index in [0.29, 0.717) is 12.0 Å². The fourth-order valence-electron chi connectivity index (χ4n) is 1.60. The van der Waals surface area contributed by atoms with Crippen molar-refractivity contribution in [3.05, 3.63) is 35.6 Å². The topological polar surface area (TPSA) is 37.3 Å². The van der Waals surface area contributed by atoms with Gasteiger partial charge in [0.1, 0.15) is 5.76 Å². The summed E-state index contributed by atoms with van der Waals surface area (Å²) in [6.45, 7) is 9.28. The summed E-state index contributed by atoms with van der Waals surface area (Å²) < 4.78 is -0.610. The molecule has 0 aromatic carbocycles. The molecule has 2 nitrogen and oxygen atoms in total. The number of aliphatic hydroxyl groups is 1. The minimum Gasteiger partial charge on any atom is -0.510 e. The van der Waals surface area contributed by atoms with Crippen LogP contribution in [0.3, 0.4) is 0 Å². The third-order valence-corrected chi connectivity index (χ3v) is 3.65. The fraction of sp³-hybridized carbons (Fsp3) is 0.417. The van der Waals surface area contributed by atoms with Crippen LogP contribution in [0, 0.1) is 0 Å². The lowest BCUT2D eigenvalue weighted by Crippen LogP contribution is -2.17. The maximum atomic E-state index is 11.6. The number of rotatable bonds is 3. The Morgan fingerprint density at radius 1 is 1.67 bits per heavy atom. The Kier molecular flexibility index (Phi) is 3.45. The van der Waals surface area contributed by atoms with Crippen LogP contribution in [0.1, 0.15) is 27.2 Å². The second-order valence-electron chi connectivity index (χ2n) is 3.77. The van der Waals surface area contributed by atoms with Crippen molar-refractivity contribution in [1.29, 1.82) is 0 Å². The van der Waals surface area contributed by atoms with E-state index in [1.54, 1.807) is 6.08 Å². The highest BCUT2D eigenvalue weighted by Gasteiger charge is 2.41. The van der Waals surface area contributed by atoms with Gasteiger partial charge in [-0.2, -0.15) is 0 Å². The van der Waals surface area contributed by atoms with Crippen LogP contribution >= 0.6 is 11.8 Å². The van der Waals surface area contributed by atoms with Gasteiger partial charge in [0, 0.05) is 5.57 Å². The van der Waals surface area contributed by atoms with E-state index in [9.17, 15) is 9.90 Å². The van der Waals surface area contributed by atoms with Gasteiger partial charge >= 0.3 is 0 Å². The molecule has 1 N–H and O–H groups in total. The van der Waals surface area contributed by atoms with Crippen molar-refractivity contribution in [2.24, 2.45) is 0 Å². The molecule has 1 rings (SSSR count). The number of carbonyl (C=O) groups is 1. The van der Waals surface area contributed by atoms with Crippen LogP contribution in [0.4, 0.5) is 0 Å². The molecule has 0 aromatic rings. The molecule has 0 aliphatic carbocycles. The first-order valence-corrected chi connectivity index (χ1v) is 5.74. The van der Waals surface area contributed by atoms with Crippen molar-refractivity contribution in [3.8, 4) is 0 Å². The third-order valence-electron chi connectivity index (χ3n) is 2.49. The van der Waals surface area contributed by atoms with Crippen molar-refractivity contribution in [2.45, 2.75) is 31.9 Å². The van der Waals surface area contributed by atoms with Crippen LogP contribution in [-0.4, -0.2) is 15.0 Å². The van der Waals surface area contributed by atoms with Gasteiger partial charge in [-0.1, -0.05) is 43.0 Å². The van der Waals surface area contributed by atoms with Crippen LogP contribution in [0.2, 0.25) is 0 Å². The summed E-state index contributed by atoms with van der Waals surface area (Å²) in [5.74, 6) is 0.196. The van der Waals surface area contributed by atoms with Gasteiger partial charge in [0.25, 0.3) is 0 Å². The third kappa shape index (κ3) is 2.17. The standard InChI is InChI=1S/C12H16O2S/c1-5-8(3)7-12(4)10(13)9(6-2)11(14)15-12/h5,7,13H,1,6H2,2-4H3. The Bertz CT molecular complexity index is 366. The highest BCUT2D eigenvalue weighted by Crippen LogP contribution is 2.44. The maximum Gasteiger partial charge on any atom is 0.220 e. The molecule has 0 saturated carbocycles. The molecule has 0 radical (unpaired) electrons. The minimum atomic E-state index is -0.610. The van der Waals surface area contributed by atoms with Crippen LogP contribution < -0.4 is 0 Å². The van der Waals surface area contributed by atoms with Crippen LogP contribution in [0.15, 0.2) is 35.6 Å². The highest BCUT2D eigenvalue weighted by molar-refractivity contribution is 8.16. The molecular weight excluding hydrogens is 208 g/mol. The first kappa shape index (κ1) is 12.1. The zero-order chi connectivity index (χ0) is 11.6. The molecule has 1 unspecified atom stereocenters. The summed E-state index contributed by atoms with van der Waals surface area (Å²) in [6.07, 6.45) is 4.17. The van der Waals surface area contributed by atoms with Gasteiger partial charge < -0.3 is 5.11 Å². The van der Waals surface area contributed by atoms with E-state index in [-0.39, 0.29) is 10.9 Å². The first-order valence-electron chi connectivity index (χ1n) is 4.92. The van der Waals surface area contributed by atoms with Gasteiger partial charge in [-0.25, -0.2) is 0 Å². The summed E-state index contributed by atoms with van der Waals surface area (Å²) in [7, 11) is 0. The predicted octanol–water partition coefficient (Wildman–Crippen LogP) is 3.37. The highest BCUT2D eigenvalue weighted by atomic mass is 32.2. The molecule has 1 aliphatic heterocycles. The smallest absolute Gasteiger partial charge is 0.220 e. The van der Waals surface area contributed by atoms with Crippen LogP contribution in [-0.2, 0) is 4.79 Å². The lowest BCUT2D eigenvalue weighted by Gasteiger charge is -2.18. The van der Waals surface area contributed by atoms with E-state index in [0.717, 1.165) is 5.57 Å². The fourth-order valence-corrected chi connectivity index (χ4v) is 2.82. The van der Waals surface area contributed by atoms with Crippen LogP contribution in [0.5, 0.6) is 0 Å². The molecule has 0 saturated heterocycles. The number of hydrogen-bond donors (Lipinski definition) is 1. The number of allylic oxidation sites excluding steroid dienone is 2. The van der Waals surface area contributed by atoms with Crippen molar-refractivity contribution < 1.29 is 9.90 Å². The molecule has 1 aliphatic rings. The van der Waals surface area contributed by atoms with E-state index in [1.165, 1.54) is 11.8 Å². The molecule has 82 valence electrons. The van der Waals surface area contributed by atoms with Crippen molar-refractivity contribution in [2.75, 3.05) is 0 Å². The Balaban J connectivity index is 3.14. The predicted molar refractivity (Wildman–Crippen MR) is 64.9 cm³/mol. The van der Waals surface area contributed by atoms with Gasteiger partial charge in [0.15, 0.2) is 0 Å². The van der Waals surface area contributed by atoms with E-state index >= 15 is 0 Å². The average Bonchev–Trinajstić information content (AvgIpc) is 2.37. The van der Waals surface area contributed by atoms with Crippen molar-refractivity contribution in [1.82, 2.24) is 0 Å². The van der Waals surface area contributed by atoms with Gasteiger partial charge in [0.05, 0.1) is 4.75 Å². The zero-order valence-corrected chi connectivity index (χ0v) is 10.1. The summed E-state index contributed by atoms with van der Waals surface area (Å²) in [5.41, 5.74) is 1.50. The van der Waals surface area contributed by atoms with Crippen LogP contribution in [0.25, 0.3) is 0 Å². The number of carbonyl (C=O) groups excluding carboxylic acids is 1. The molecule has 0 amide bonds. The summed E-state index contributed by atoms with van der Waals surface area (Å²) >= 11 is 1.17. The molecular formula is C12H16O2S. The molecule has 0 aromatic heterocycles. The number of hydrogen-bond acceptors (Lipinski definition) is 3. The number of thioether (sulfide) groups is 1. The van der Waals surface area contributed by atoms with E-state index in [2.05, 4.69) is 6.58 Å². The summed E-state index contributed by atoms with van der Waals surface area (Å²) in [6, 6.07) is 0. The largest absolute Gasteiger partial charge is 0.510 e. The van der Waals surface area contributed by atoms with Crippen molar-refractivity contribution >= 4 is 16.9 Å². The van der Waals surface area contributed by atoms with Gasteiger partial charge in [-0.05, 0) is 20.3 Å². The molecule has 0 bridgehead atoms. The molecule has 0 spiro atoms. The quantitative estimate of drug-likeness (QED) is 0.747. The normalized spacial score (nSPS) is 27.4.